The largest absolute Gasteiger partial charge is 0.481 e. The van der Waals surface area contributed by atoms with Gasteiger partial charge in [-0.1, -0.05) is 12.1 Å². The van der Waals surface area contributed by atoms with Gasteiger partial charge in [0.25, 0.3) is 0 Å². The van der Waals surface area contributed by atoms with Crippen LogP contribution in [0.2, 0.25) is 0 Å². The molecule has 108 valence electrons. The third kappa shape index (κ3) is 3.77. The molecule has 1 aromatic carbocycles. The summed E-state index contributed by atoms with van der Waals surface area (Å²) in [6.07, 6.45) is -0.570. The number of amides is 1. The van der Waals surface area contributed by atoms with Crippen molar-refractivity contribution in [2.24, 2.45) is 0 Å². The van der Waals surface area contributed by atoms with Crippen molar-refractivity contribution in [3.63, 3.8) is 0 Å². The third-order valence-corrected chi connectivity index (χ3v) is 3.19. The van der Waals surface area contributed by atoms with Gasteiger partial charge in [0.15, 0.2) is 0 Å². The first-order chi connectivity index (χ1) is 9.56. The highest BCUT2D eigenvalue weighted by molar-refractivity contribution is 5.80. The number of carbonyl (C=O) groups is 2. The molecule has 5 nitrogen and oxygen atoms in total. The van der Waals surface area contributed by atoms with Gasteiger partial charge in [-0.3, -0.25) is 9.59 Å². The molecule has 1 unspecified atom stereocenters. The van der Waals surface area contributed by atoms with E-state index in [0.717, 1.165) is 0 Å². The fourth-order valence-electron chi connectivity index (χ4n) is 2.16. The normalized spacial score (nSPS) is 18.9. The molecule has 1 aliphatic heterocycles. The standard InChI is InChI=1S/C14H16FNO4/c15-11-3-1-2-10(8-11)12-9-16(6-7-20-12)13(17)4-5-14(18)19/h1-3,8,12H,4-7,9H2,(H,18,19). The summed E-state index contributed by atoms with van der Waals surface area (Å²) in [6.45, 7) is 1.12. The van der Waals surface area contributed by atoms with Gasteiger partial charge in [-0.05, 0) is 17.7 Å². The molecular weight excluding hydrogens is 265 g/mol. The van der Waals surface area contributed by atoms with Crippen LogP contribution in [0, 0.1) is 5.82 Å². The Morgan fingerprint density at radius 2 is 2.20 bits per heavy atom. The number of benzene rings is 1. The summed E-state index contributed by atoms with van der Waals surface area (Å²) in [5, 5.41) is 8.58. The predicted molar refractivity (Wildman–Crippen MR) is 68.5 cm³/mol. The van der Waals surface area contributed by atoms with E-state index < -0.39 is 5.97 Å². The lowest BCUT2D eigenvalue weighted by molar-refractivity contribution is -0.144. The van der Waals surface area contributed by atoms with Crippen LogP contribution in [0.1, 0.15) is 24.5 Å². The minimum atomic E-state index is -0.992. The number of aliphatic carboxylic acids is 1. The van der Waals surface area contributed by atoms with Crippen molar-refractivity contribution in [1.29, 1.82) is 0 Å². The highest BCUT2D eigenvalue weighted by atomic mass is 19.1. The van der Waals surface area contributed by atoms with Gasteiger partial charge in [0, 0.05) is 13.0 Å². The van der Waals surface area contributed by atoms with E-state index in [1.165, 1.54) is 12.1 Å². The molecule has 0 aromatic heterocycles. The number of hydrogen-bond donors (Lipinski definition) is 1. The van der Waals surface area contributed by atoms with E-state index in [9.17, 15) is 14.0 Å². The Labute approximate surface area is 116 Å². The van der Waals surface area contributed by atoms with Crippen LogP contribution in [0.5, 0.6) is 0 Å². The maximum absolute atomic E-state index is 13.2. The molecule has 1 fully saturated rings. The minimum absolute atomic E-state index is 0.0226. The number of carboxylic acids is 1. The van der Waals surface area contributed by atoms with E-state index >= 15 is 0 Å². The Morgan fingerprint density at radius 3 is 2.90 bits per heavy atom. The molecule has 0 aliphatic carbocycles. The summed E-state index contributed by atoms with van der Waals surface area (Å²) in [6, 6.07) is 6.08. The van der Waals surface area contributed by atoms with Gasteiger partial charge >= 0.3 is 5.97 Å². The second kappa shape index (κ2) is 6.47. The zero-order valence-corrected chi connectivity index (χ0v) is 10.9. The fraction of sp³-hybridized carbons (Fsp3) is 0.429. The first-order valence-corrected chi connectivity index (χ1v) is 6.43. The molecule has 0 spiro atoms. The second-order valence-electron chi connectivity index (χ2n) is 4.65. The van der Waals surface area contributed by atoms with Gasteiger partial charge in [-0.25, -0.2) is 4.39 Å². The lowest BCUT2D eigenvalue weighted by Gasteiger charge is -2.33. The molecule has 1 aromatic rings. The molecular formula is C14H16FNO4. The number of ether oxygens (including phenoxy) is 1. The quantitative estimate of drug-likeness (QED) is 0.910. The van der Waals surface area contributed by atoms with Gasteiger partial charge in [-0.2, -0.15) is 0 Å². The number of nitrogens with zero attached hydrogens (tertiary/aromatic N) is 1. The lowest BCUT2D eigenvalue weighted by atomic mass is 10.1. The minimum Gasteiger partial charge on any atom is -0.481 e. The van der Waals surface area contributed by atoms with E-state index in [4.69, 9.17) is 9.84 Å². The number of morpholine rings is 1. The highest BCUT2D eigenvalue weighted by Gasteiger charge is 2.25. The molecule has 2 rings (SSSR count). The summed E-state index contributed by atoms with van der Waals surface area (Å²) in [4.78, 5) is 23.9. The molecule has 1 heterocycles. The van der Waals surface area contributed by atoms with E-state index in [2.05, 4.69) is 0 Å². The molecule has 1 saturated heterocycles. The van der Waals surface area contributed by atoms with E-state index in [0.29, 0.717) is 25.3 Å². The number of halogens is 1. The SMILES string of the molecule is O=C(O)CCC(=O)N1CCOC(c2cccc(F)c2)C1. The molecule has 1 atom stereocenters. The van der Waals surface area contributed by atoms with Crippen LogP contribution >= 0.6 is 0 Å². The van der Waals surface area contributed by atoms with Crippen molar-refractivity contribution < 1.29 is 23.8 Å². The van der Waals surface area contributed by atoms with Gasteiger partial charge in [0.2, 0.25) is 5.91 Å². The average molecular weight is 281 g/mol. The van der Waals surface area contributed by atoms with Crippen molar-refractivity contribution in [2.75, 3.05) is 19.7 Å². The smallest absolute Gasteiger partial charge is 0.303 e. The summed E-state index contributed by atoms with van der Waals surface area (Å²) in [7, 11) is 0. The summed E-state index contributed by atoms with van der Waals surface area (Å²) in [5.41, 5.74) is 0.681. The van der Waals surface area contributed by atoms with E-state index in [1.807, 2.05) is 0 Å². The molecule has 1 aliphatic rings. The summed E-state index contributed by atoms with van der Waals surface area (Å²) >= 11 is 0. The maximum atomic E-state index is 13.2. The van der Waals surface area contributed by atoms with Gasteiger partial charge in [0.1, 0.15) is 11.9 Å². The van der Waals surface area contributed by atoms with Crippen LogP contribution in [-0.4, -0.2) is 41.6 Å². The third-order valence-electron chi connectivity index (χ3n) is 3.19. The molecule has 0 radical (unpaired) electrons. The highest BCUT2D eigenvalue weighted by Crippen LogP contribution is 2.23. The summed E-state index contributed by atoms with van der Waals surface area (Å²) < 4.78 is 18.7. The van der Waals surface area contributed by atoms with Crippen LogP contribution in [0.3, 0.4) is 0 Å². The Morgan fingerprint density at radius 1 is 1.40 bits per heavy atom. The molecule has 0 saturated carbocycles. The second-order valence-corrected chi connectivity index (χ2v) is 4.65. The number of carboxylic acid groups (broad SMARTS) is 1. The van der Waals surface area contributed by atoms with Gasteiger partial charge in [0.05, 0.1) is 19.6 Å². The maximum Gasteiger partial charge on any atom is 0.303 e. The molecule has 6 heteroatoms. The van der Waals surface area contributed by atoms with Crippen molar-refractivity contribution in [3.8, 4) is 0 Å². The fourth-order valence-corrected chi connectivity index (χ4v) is 2.16. The van der Waals surface area contributed by atoms with Crippen LogP contribution < -0.4 is 0 Å². The molecule has 20 heavy (non-hydrogen) atoms. The Bertz CT molecular complexity index is 506. The zero-order valence-electron chi connectivity index (χ0n) is 10.9. The van der Waals surface area contributed by atoms with Crippen molar-refractivity contribution in [1.82, 2.24) is 4.90 Å². The summed E-state index contributed by atoms with van der Waals surface area (Å²) in [5.74, 6) is -1.55. The molecule has 0 bridgehead atoms. The molecule has 1 N–H and O–H groups in total. The van der Waals surface area contributed by atoms with Crippen LogP contribution in [0.15, 0.2) is 24.3 Å². The van der Waals surface area contributed by atoms with Crippen molar-refractivity contribution >= 4 is 11.9 Å². The average Bonchev–Trinajstić information content (AvgIpc) is 2.45. The van der Waals surface area contributed by atoms with Gasteiger partial charge in [-0.15, -0.1) is 0 Å². The number of rotatable bonds is 4. The Kier molecular flexibility index (Phi) is 4.68. The number of hydrogen-bond acceptors (Lipinski definition) is 3. The van der Waals surface area contributed by atoms with Crippen molar-refractivity contribution in [2.45, 2.75) is 18.9 Å². The Hall–Kier alpha value is -1.95. The first kappa shape index (κ1) is 14.5. The number of carbonyl (C=O) groups excluding carboxylic acids is 1. The van der Waals surface area contributed by atoms with Crippen LogP contribution in [0.25, 0.3) is 0 Å². The van der Waals surface area contributed by atoms with Gasteiger partial charge < -0.3 is 14.7 Å². The predicted octanol–water partition coefficient (Wildman–Crippen LogP) is 1.59. The van der Waals surface area contributed by atoms with E-state index in [1.54, 1.807) is 17.0 Å². The molecule has 1 amide bonds. The topological polar surface area (TPSA) is 66.8 Å². The van der Waals surface area contributed by atoms with Crippen molar-refractivity contribution in [3.05, 3.63) is 35.6 Å². The monoisotopic (exact) mass is 281 g/mol. The van der Waals surface area contributed by atoms with Crippen LogP contribution in [0.4, 0.5) is 4.39 Å². The Balaban J connectivity index is 1.98. The zero-order chi connectivity index (χ0) is 14.5. The van der Waals surface area contributed by atoms with Crippen LogP contribution in [-0.2, 0) is 14.3 Å². The van der Waals surface area contributed by atoms with E-state index in [-0.39, 0.29) is 30.7 Å². The first-order valence-electron chi connectivity index (χ1n) is 6.43. The lowest BCUT2D eigenvalue weighted by Crippen LogP contribution is -2.42.